The summed E-state index contributed by atoms with van der Waals surface area (Å²) in [6.07, 6.45) is 3.03. The Bertz CT molecular complexity index is 779. The summed E-state index contributed by atoms with van der Waals surface area (Å²) in [6, 6.07) is 14.4. The number of rotatable bonds is 3. The fraction of sp³-hybridized carbons (Fsp3) is 0.316. The third kappa shape index (κ3) is 3.99. The molecule has 2 aromatic carbocycles. The summed E-state index contributed by atoms with van der Waals surface area (Å²) >= 11 is 5.84. The molecule has 0 saturated carbocycles. The van der Waals surface area contributed by atoms with Crippen molar-refractivity contribution < 1.29 is 9.72 Å². The average Bonchev–Trinajstić information content (AvgIpc) is 2.88. The highest BCUT2D eigenvalue weighted by Crippen LogP contribution is 2.29. The smallest absolute Gasteiger partial charge is 0.288 e. The summed E-state index contributed by atoms with van der Waals surface area (Å²) in [4.78, 5) is 25.2. The normalized spacial score (nSPS) is 17.8. The van der Waals surface area contributed by atoms with Gasteiger partial charge in [-0.15, -0.1) is 0 Å². The van der Waals surface area contributed by atoms with Gasteiger partial charge in [0.1, 0.15) is 5.02 Å². The number of halogens is 1. The van der Waals surface area contributed by atoms with Crippen LogP contribution in [0.4, 0.5) is 5.69 Å². The highest BCUT2D eigenvalue weighted by atomic mass is 35.5. The Labute approximate surface area is 151 Å². The van der Waals surface area contributed by atoms with Crippen LogP contribution >= 0.6 is 11.6 Å². The summed E-state index contributed by atoms with van der Waals surface area (Å²) in [5.74, 6) is 0.109. The second-order valence-electron chi connectivity index (χ2n) is 6.28. The molecule has 6 heteroatoms. The Morgan fingerprint density at radius 2 is 1.92 bits per heavy atom. The lowest BCUT2D eigenvalue weighted by molar-refractivity contribution is -0.384. The molecule has 0 aromatic heterocycles. The number of carbonyl (C=O) groups excluding carboxylic acids is 1. The summed E-state index contributed by atoms with van der Waals surface area (Å²) in [5, 5.41) is 11.1. The van der Waals surface area contributed by atoms with Crippen molar-refractivity contribution in [2.24, 2.45) is 0 Å². The van der Waals surface area contributed by atoms with E-state index in [1.54, 1.807) is 11.0 Å². The van der Waals surface area contributed by atoms with Crippen molar-refractivity contribution in [3.63, 3.8) is 0 Å². The summed E-state index contributed by atoms with van der Waals surface area (Å²) in [7, 11) is 0. The molecular weight excluding hydrogens is 340 g/mol. The molecule has 1 atom stereocenters. The number of hydrogen-bond acceptors (Lipinski definition) is 3. The molecule has 1 amide bonds. The van der Waals surface area contributed by atoms with Gasteiger partial charge in [0.05, 0.1) is 4.92 Å². The Balaban J connectivity index is 1.83. The first kappa shape index (κ1) is 17.4. The van der Waals surface area contributed by atoms with E-state index >= 15 is 0 Å². The zero-order valence-corrected chi connectivity index (χ0v) is 14.5. The first-order valence-electron chi connectivity index (χ1n) is 8.34. The molecule has 3 rings (SSSR count). The number of likely N-dealkylation sites (tertiary alicyclic amines) is 1. The van der Waals surface area contributed by atoms with Crippen LogP contribution in [0.5, 0.6) is 0 Å². The molecule has 0 N–H and O–H groups in total. The van der Waals surface area contributed by atoms with Crippen LogP contribution in [0.25, 0.3) is 0 Å². The lowest BCUT2D eigenvalue weighted by atomic mass is 9.94. The Morgan fingerprint density at radius 3 is 2.64 bits per heavy atom. The van der Waals surface area contributed by atoms with E-state index in [9.17, 15) is 14.9 Å². The van der Waals surface area contributed by atoms with Crippen molar-refractivity contribution >= 4 is 23.2 Å². The van der Waals surface area contributed by atoms with E-state index in [2.05, 4.69) is 12.1 Å². The topological polar surface area (TPSA) is 63.4 Å². The van der Waals surface area contributed by atoms with E-state index in [4.69, 9.17) is 11.6 Å². The molecule has 2 aromatic rings. The van der Waals surface area contributed by atoms with Crippen molar-refractivity contribution in [3.05, 3.63) is 74.8 Å². The van der Waals surface area contributed by atoms with Crippen LogP contribution in [0.15, 0.2) is 48.5 Å². The zero-order chi connectivity index (χ0) is 17.8. The van der Waals surface area contributed by atoms with Crippen molar-refractivity contribution in [1.82, 2.24) is 4.90 Å². The lowest BCUT2D eigenvalue weighted by Crippen LogP contribution is -2.34. The van der Waals surface area contributed by atoms with Crippen molar-refractivity contribution in [2.45, 2.75) is 25.2 Å². The highest BCUT2D eigenvalue weighted by molar-refractivity contribution is 6.32. The fourth-order valence-electron chi connectivity index (χ4n) is 3.29. The Hall–Kier alpha value is -2.40. The van der Waals surface area contributed by atoms with Gasteiger partial charge in [0.15, 0.2) is 0 Å². The molecule has 130 valence electrons. The maximum Gasteiger partial charge on any atom is 0.288 e. The number of nitrogens with zero attached hydrogens (tertiary/aromatic N) is 2. The molecular formula is C19H19ClN2O3. The van der Waals surface area contributed by atoms with Crippen LogP contribution in [0.1, 0.15) is 41.1 Å². The molecule has 0 aliphatic carbocycles. The molecule has 0 spiro atoms. The molecule has 1 unspecified atom stereocenters. The first-order chi connectivity index (χ1) is 12.1. The monoisotopic (exact) mass is 358 g/mol. The molecule has 5 nitrogen and oxygen atoms in total. The van der Waals surface area contributed by atoms with Gasteiger partial charge >= 0.3 is 0 Å². The van der Waals surface area contributed by atoms with Crippen LogP contribution in [-0.2, 0) is 0 Å². The van der Waals surface area contributed by atoms with Crippen molar-refractivity contribution in [3.8, 4) is 0 Å². The highest BCUT2D eigenvalue weighted by Gasteiger charge is 2.25. The minimum Gasteiger partial charge on any atom is -0.338 e. The third-order valence-electron chi connectivity index (χ3n) is 4.62. The third-order valence-corrected chi connectivity index (χ3v) is 4.94. The first-order valence-corrected chi connectivity index (χ1v) is 8.72. The van der Waals surface area contributed by atoms with Crippen molar-refractivity contribution in [2.75, 3.05) is 13.1 Å². The van der Waals surface area contributed by atoms with Crippen molar-refractivity contribution in [1.29, 1.82) is 0 Å². The van der Waals surface area contributed by atoms with Gasteiger partial charge in [-0.3, -0.25) is 14.9 Å². The number of nitro groups is 1. The van der Waals surface area contributed by atoms with Gasteiger partial charge in [0.25, 0.3) is 11.6 Å². The maximum atomic E-state index is 12.9. The van der Waals surface area contributed by atoms with E-state index in [1.807, 2.05) is 18.2 Å². The van der Waals surface area contributed by atoms with Gasteiger partial charge in [-0.05, 0) is 30.5 Å². The number of hydrogen-bond donors (Lipinski definition) is 0. The van der Waals surface area contributed by atoms with E-state index in [1.165, 1.54) is 17.7 Å². The summed E-state index contributed by atoms with van der Waals surface area (Å²) < 4.78 is 0. The largest absolute Gasteiger partial charge is 0.338 e. The molecule has 1 aliphatic heterocycles. The lowest BCUT2D eigenvalue weighted by Gasteiger charge is -2.25. The molecule has 0 radical (unpaired) electrons. The number of carbonyl (C=O) groups is 1. The maximum absolute atomic E-state index is 12.9. The van der Waals surface area contributed by atoms with E-state index < -0.39 is 4.92 Å². The van der Waals surface area contributed by atoms with Gasteiger partial charge in [-0.1, -0.05) is 48.4 Å². The zero-order valence-electron chi connectivity index (χ0n) is 13.7. The van der Waals surface area contributed by atoms with Crippen LogP contribution in [0, 0.1) is 10.1 Å². The van der Waals surface area contributed by atoms with Crippen LogP contribution in [0.3, 0.4) is 0 Å². The predicted molar refractivity (Wildman–Crippen MR) is 97.0 cm³/mol. The molecule has 1 aliphatic rings. The molecule has 0 bridgehead atoms. The average molecular weight is 359 g/mol. The van der Waals surface area contributed by atoms with Crippen LogP contribution in [0.2, 0.25) is 5.02 Å². The number of benzene rings is 2. The molecule has 1 saturated heterocycles. The summed E-state index contributed by atoms with van der Waals surface area (Å²) in [6.45, 7) is 1.29. The van der Waals surface area contributed by atoms with Crippen LogP contribution < -0.4 is 0 Å². The van der Waals surface area contributed by atoms with Gasteiger partial charge in [0, 0.05) is 30.6 Å². The Kier molecular flexibility index (Phi) is 5.34. The van der Waals surface area contributed by atoms with Gasteiger partial charge < -0.3 is 4.90 Å². The second-order valence-corrected chi connectivity index (χ2v) is 6.69. The standard InChI is InChI=1S/C19H19ClN2O3/c20-17-10-9-15(12-18(17)22(24)25)19(23)21-11-5-4-8-16(13-21)14-6-2-1-3-7-14/h1-3,6-7,9-10,12,16H,4-5,8,11,13H2. The van der Waals surface area contributed by atoms with Gasteiger partial charge in [0.2, 0.25) is 0 Å². The molecule has 1 fully saturated rings. The van der Waals surface area contributed by atoms with E-state index in [0.717, 1.165) is 19.3 Å². The fourth-order valence-corrected chi connectivity index (χ4v) is 3.48. The minimum absolute atomic E-state index is 0.0413. The van der Waals surface area contributed by atoms with Gasteiger partial charge in [-0.25, -0.2) is 0 Å². The Morgan fingerprint density at radius 1 is 1.16 bits per heavy atom. The summed E-state index contributed by atoms with van der Waals surface area (Å²) in [5.41, 5.74) is 1.30. The van der Waals surface area contributed by atoms with Gasteiger partial charge in [-0.2, -0.15) is 0 Å². The minimum atomic E-state index is -0.561. The molecule has 25 heavy (non-hydrogen) atoms. The molecule has 1 heterocycles. The second kappa shape index (κ2) is 7.66. The quantitative estimate of drug-likeness (QED) is 0.592. The SMILES string of the molecule is O=C(c1ccc(Cl)c([N+](=O)[O-])c1)N1CCCCC(c2ccccc2)C1. The van der Waals surface area contributed by atoms with E-state index in [0.29, 0.717) is 18.7 Å². The van der Waals surface area contributed by atoms with E-state index in [-0.39, 0.29) is 22.5 Å². The number of nitro benzene ring substituents is 1. The van der Waals surface area contributed by atoms with Crippen LogP contribution in [-0.4, -0.2) is 28.8 Å². The number of amides is 1. The predicted octanol–water partition coefficient (Wildman–Crippen LogP) is 4.66.